The van der Waals surface area contributed by atoms with E-state index in [1.165, 1.54) is 17.2 Å². The van der Waals surface area contributed by atoms with Crippen LogP contribution in [0, 0.1) is 18.6 Å². The molecule has 2 N–H and O–H groups in total. The van der Waals surface area contributed by atoms with Gasteiger partial charge in [0.05, 0.1) is 24.9 Å². The van der Waals surface area contributed by atoms with E-state index in [0.29, 0.717) is 44.0 Å². The number of allylic oxidation sites excluding steroid dienone is 4. The van der Waals surface area contributed by atoms with Crippen molar-refractivity contribution in [2.45, 2.75) is 38.3 Å². The maximum atomic E-state index is 14.0. The number of amides is 2. The van der Waals surface area contributed by atoms with Gasteiger partial charge in [-0.15, -0.1) is 0 Å². The molecule has 0 saturated carbocycles. The summed E-state index contributed by atoms with van der Waals surface area (Å²) in [5.41, 5.74) is 5.17. The van der Waals surface area contributed by atoms with E-state index in [1.807, 2.05) is 19.3 Å². The van der Waals surface area contributed by atoms with E-state index in [4.69, 9.17) is 4.74 Å². The first-order valence-corrected chi connectivity index (χ1v) is 13.4. The number of nitrogens with zero attached hydrogens (tertiary/aromatic N) is 4. The number of hydrogen-bond acceptors (Lipinski definition) is 5. The van der Waals surface area contributed by atoms with Gasteiger partial charge in [-0.05, 0) is 66.3 Å². The second kappa shape index (κ2) is 12.1. The molecule has 0 spiro atoms. The van der Waals surface area contributed by atoms with Crippen LogP contribution in [0.3, 0.4) is 0 Å². The number of carbonyl (C=O) groups is 1. The topological polar surface area (TPSA) is 84.3 Å². The van der Waals surface area contributed by atoms with Gasteiger partial charge in [0.2, 0.25) is 0 Å². The molecule has 10 heteroatoms. The summed E-state index contributed by atoms with van der Waals surface area (Å²) in [5, 5.41) is 10.5. The zero-order valence-electron chi connectivity index (χ0n) is 22.9. The predicted molar refractivity (Wildman–Crippen MR) is 150 cm³/mol. The summed E-state index contributed by atoms with van der Waals surface area (Å²) in [6.07, 6.45) is 10.2. The zero-order chi connectivity index (χ0) is 28.2. The third-order valence-electron chi connectivity index (χ3n) is 7.60. The van der Waals surface area contributed by atoms with Crippen molar-refractivity contribution in [3.8, 4) is 0 Å². The fourth-order valence-electron chi connectivity index (χ4n) is 5.54. The first-order chi connectivity index (χ1) is 19.3. The number of anilines is 1. The van der Waals surface area contributed by atoms with E-state index >= 15 is 0 Å². The molecule has 1 aliphatic heterocycles. The first kappa shape index (κ1) is 27.7. The number of rotatable bonds is 8. The van der Waals surface area contributed by atoms with Crippen LogP contribution in [-0.2, 0) is 4.74 Å². The Bertz CT molecular complexity index is 1440. The molecule has 2 aromatic heterocycles. The standard InChI is InChI=1S/C30H34F2N6O2/c1-19-12-22(16-33-15-19)24-14-23(6-4-20(24)2)38-29(8-9-34-38)36-30(39)35-28-18-37(10-11-40-3)17-25(28)21-5-7-26(31)27(32)13-21/h4-9,12-13,15-16,23,25,28H,10-11,14,17-18H2,1-3H3,(H2,35,36,39)/t23?,25-,28+/m0/s1. The molecule has 40 heavy (non-hydrogen) atoms. The maximum absolute atomic E-state index is 14.0. The lowest BCUT2D eigenvalue weighted by Gasteiger charge is -2.24. The van der Waals surface area contributed by atoms with E-state index in [9.17, 15) is 13.6 Å². The van der Waals surface area contributed by atoms with Crippen LogP contribution < -0.4 is 10.6 Å². The van der Waals surface area contributed by atoms with E-state index in [1.54, 1.807) is 30.1 Å². The summed E-state index contributed by atoms with van der Waals surface area (Å²) in [6.45, 7) is 6.46. The molecule has 8 nitrogen and oxygen atoms in total. The third-order valence-corrected chi connectivity index (χ3v) is 7.60. The SMILES string of the molecule is COCCN1C[C@@H](NC(=O)Nc2ccnn2C2C=CC(C)=C(c3cncc(C)c3)C2)[C@H](c2ccc(F)c(F)c2)C1. The van der Waals surface area contributed by atoms with Crippen LogP contribution in [0.25, 0.3) is 5.57 Å². The van der Waals surface area contributed by atoms with Crippen molar-refractivity contribution in [1.29, 1.82) is 0 Å². The number of nitrogens with one attached hydrogen (secondary N) is 2. The highest BCUT2D eigenvalue weighted by molar-refractivity contribution is 5.88. The number of likely N-dealkylation sites (tertiary alicyclic amines) is 1. The molecule has 1 unspecified atom stereocenters. The van der Waals surface area contributed by atoms with E-state index in [-0.39, 0.29) is 24.0 Å². The highest BCUT2D eigenvalue weighted by atomic mass is 19.2. The van der Waals surface area contributed by atoms with Gasteiger partial charge in [0, 0.05) is 51.1 Å². The smallest absolute Gasteiger partial charge is 0.320 e. The van der Waals surface area contributed by atoms with Crippen molar-refractivity contribution in [1.82, 2.24) is 25.0 Å². The first-order valence-electron chi connectivity index (χ1n) is 13.4. The number of urea groups is 1. The highest BCUT2D eigenvalue weighted by Gasteiger charge is 2.35. The summed E-state index contributed by atoms with van der Waals surface area (Å²) >= 11 is 0. The minimum absolute atomic E-state index is 0.0875. The molecular weight excluding hydrogens is 514 g/mol. The number of pyridine rings is 1. The second-order valence-electron chi connectivity index (χ2n) is 10.4. The number of methoxy groups -OCH3 is 1. The molecule has 1 saturated heterocycles. The Kier molecular flexibility index (Phi) is 8.37. The van der Waals surface area contributed by atoms with Crippen LogP contribution in [0.4, 0.5) is 19.4 Å². The van der Waals surface area contributed by atoms with Gasteiger partial charge in [0.15, 0.2) is 11.6 Å². The average Bonchev–Trinajstić information content (AvgIpc) is 3.56. The van der Waals surface area contributed by atoms with Crippen molar-refractivity contribution < 1.29 is 18.3 Å². The van der Waals surface area contributed by atoms with Crippen LogP contribution in [0.5, 0.6) is 0 Å². The van der Waals surface area contributed by atoms with Crippen molar-refractivity contribution in [3.63, 3.8) is 0 Å². The van der Waals surface area contributed by atoms with E-state index in [0.717, 1.165) is 17.2 Å². The Morgan fingerprint density at radius 2 is 1.98 bits per heavy atom. The predicted octanol–water partition coefficient (Wildman–Crippen LogP) is 5.08. The zero-order valence-corrected chi connectivity index (χ0v) is 22.9. The molecule has 2 aliphatic rings. The largest absolute Gasteiger partial charge is 0.383 e. The molecule has 5 rings (SSSR count). The lowest BCUT2D eigenvalue weighted by atomic mass is 9.90. The quantitative estimate of drug-likeness (QED) is 0.411. The van der Waals surface area contributed by atoms with Gasteiger partial charge >= 0.3 is 6.03 Å². The van der Waals surface area contributed by atoms with Crippen molar-refractivity contribution in [2.24, 2.45) is 0 Å². The summed E-state index contributed by atoms with van der Waals surface area (Å²) in [7, 11) is 1.63. The minimum Gasteiger partial charge on any atom is -0.383 e. The van der Waals surface area contributed by atoms with Crippen LogP contribution in [0.15, 0.2) is 66.6 Å². The summed E-state index contributed by atoms with van der Waals surface area (Å²) in [6, 6.07) is 7.03. The molecule has 1 fully saturated rings. The van der Waals surface area contributed by atoms with Gasteiger partial charge in [0.25, 0.3) is 0 Å². The number of aryl methyl sites for hydroxylation is 1. The number of carbonyl (C=O) groups excluding carboxylic acids is 1. The van der Waals surface area contributed by atoms with Crippen LogP contribution >= 0.6 is 0 Å². The average molecular weight is 549 g/mol. The fraction of sp³-hybridized carbons (Fsp3) is 0.367. The minimum atomic E-state index is -0.898. The number of ether oxygens (including phenoxy) is 1. The number of benzene rings is 1. The summed E-state index contributed by atoms with van der Waals surface area (Å²) in [4.78, 5) is 19.7. The van der Waals surface area contributed by atoms with Gasteiger partial charge in [0.1, 0.15) is 5.82 Å². The van der Waals surface area contributed by atoms with Gasteiger partial charge < -0.3 is 10.1 Å². The molecule has 210 valence electrons. The van der Waals surface area contributed by atoms with Crippen LogP contribution in [0.1, 0.15) is 42.0 Å². The monoisotopic (exact) mass is 548 g/mol. The molecular formula is C30H34F2N6O2. The number of hydrogen-bond donors (Lipinski definition) is 2. The van der Waals surface area contributed by atoms with Gasteiger partial charge in [-0.1, -0.05) is 18.2 Å². The van der Waals surface area contributed by atoms with Crippen molar-refractivity contribution in [2.75, 3.05) is 38.7 Å². The Hall–Kier alpha value is -3.89. The van der Waals surface area contributed by atoms with E-state index in [2.05, 4.69) is 50.8 Å². The Balaban J connectivity index is 1.29. The molecule has 3 aromatic rings. The number of halogens is 2. The molecule has 0 radical (unpaired) electrons. The van der Waals surface area contributed by atoms with Crippen LogP contribution in [-0.4, -0.2) is 65.1 Å². The summed E-state index contributed by atoms with van der Waals surface area (Å²) in [5.74, 6) is -1.43. The molecule has 1 aliphatic carbocycles. The van der Waals surface area contributed by atoms with Gasteiger partial charge in [-0.2, -0.15) is 5.10 Å². The molecule has 0 bridgehead atoms. The normalized spacial score (nSPS) is 21.2. The molecule has 3 heterocycles. The summed E-state index contributed by atoms with van der Waals surface area (Å²) < 4.78 is 34.7. The second-order valence-corrected chi connectivity index (χ2v) is 10.4. The molecule has 2 amide bonds. The third kappa shape index (κ3) is 6.13. The molecule has 1 aromatic carbocycles. The van der Waals surface area contributed by atoms with Crippen molar-refractivity contribution in [3.05, 3.63) is 95.0 Å². The lowest BCUT2D eigenvalue weighted by Crippen LogP contribution is -2.42. The van der Waals surface area contributed by atoms with Crippen LogP contribution in [0.2, 0.25) is 0 Å². The maximum Gasteiger partial charge on any atom is 0.320 e. The lowest BCUT2D eigenvalue weighted by molar-refractivity contribution is 0.159. The van der Waals surface area contributed by atoms with E-state index < -0.39 is 11.6 Å². The Morgan fingerprint density at radius 3 is 2.75 bits per heavy atom. The van der Waals surface area contributed by atoms with Crippen molar-refractivity contribution >= 4 is 17.4 Å². The van der Waals surface area contributed by atoms with Gasteiger partial charge in [-0.3, -0.25) is 15.2 Å². The highest BCUT2D eigenvalue weighted by Crippen LogP contribution is 2.35. The number of aromatic nitrogens is 3. The Labute approximate surface area is 232 Å². The Morgan fingerprint density at radius 1 is 1.12 bits per heavy atom. The van der Waals surface area contributed by atoms with Gasteiger partial charge in [-0.25, -0.2) is 18.3 Å². The molecule has 3 atom stereocenters. The fourth-order valence-corrected chi connectivity index (χ4v) is 5.54.